The van der Waals surface area contributed by atoms with E-state index in [-0.39, 0.29) is 11.8 Å². The number of rotatable bonds is 7. The number of nitrogens with one attached hydrogen (secondary N) is 1. The summed E-state index contributed by atoms with van der Waals surface area (Å²) >= 11 is 0. The van der Waals surface area contributed by atoms with Crippen molar-refractivity contribution >= 4 is 5.91 Å². The van der Waals surface area contributed by atoms with Crippen LogP contribution in [0.3, 0.4) is 0 Å². The molecule has 1 rings (SSSR count). The summed E-state index contributed by atoms with van der Waals surface area (Å²) in [5.41, 5.74) is 5.70. The van der Waals surface area contributed by atoms with E-state index in [2.05, 4.69) is 37.9 Å². The third-order valence-corrected chi connectivity index (χ3v) is 4.02. The summed E-state index contributed by atoms with van der Waals surface area (Å²) in [5.74, 6) is 1.23. The molecule has 4 nitrogen and oxygen atoms in total. The molecule has 2 atom stereocenters. The predicted molar refractivity (Wildman–Crippen MR) is 79.8 cm³/mol. The van der Waals surface area contributed by atoms with Crippen molar-refractivity contribution in [2.45, 2.75) is 46.6 Å². The van der Waals surface area contributed by atoms with Crippen molar-refractivity contribution in [3.63, 3.8) is 0 Å². The first-order valence-corrected chi connectivity index (χ1v) is 7.65. The highest BCUT2D eigenvalue weighted by atomic mass is 16.1. The summed E-state index contributed by atoms with van der Waals surface area (Å²) in [4.78, 5) is 14.6. The first kappa shape index (κ1) is 16.4. The van der Waals surface area contributed by atoms with E-state index >= 15 is 0 Å². The zero-order chi connectivity index (χ0) is 14.4. The average Bonchev–Trinajstić information content (AvgIpc) is 2.81. The fourth-order valence-corrected chi connectivity index (χ4v) is 2.77. The number of nitrogens with zero attached hydrogens (tertiary/aromatic N) is 1. The molecule has 1 saturated heterocycles. The SMILES string of the molecule is CC(C)CC(CN)C(=O)NCC1CCN(C(C)C)C1. The summed E-state index contributed by atoms with van der Waals surface area (Å²) in [6.45, 7) is 12.2. The van der Waals surface area contributed by atoms with Gasteiger partial charge in [0.1, 0.15) is 0 Å². The molecule has 2 unspecified atom stereocenters. The van der Waals surface area contributed by atoms with Gasteiger partial charge < -0.3 is 16.0 Å². The van der Waals surface area contributed by atoms with E-state index in [1.54, 1.807) is 0 Å². The maximum atomic E-state index is 12.1. The van der Waals surface area contributed by atoms with Gasteiger partial charge in [0, 0.05) is 25.7 Å². The minimum absolute atomic E-state index is 0.0254. The Hall–Kier alpha value is -0.610. The number of carbonyl (C=O) groups is 1. The number of nitrogens with two attached hydrogens (primary N) is 1. The lowest BCUT2D eigenvalue weighted by Gasteiger charge is -2.21. The fraction of sp³-hybridized carbons (Fsp3) is 0.933. The quantitative estimate of drug-likeness (QED) is 0.735. The molecule has 1 heterocycles. The van der Waals surface area contributed by atoms with Crippen molar-refractivity contribution in [1.82, 2.24) is 10.2 Å². The smallest absolute Gasteiger partial charge is 0.224 e. The van der Waals surface area contributed by atoms with Crippen molar-refractivity contribution in [2.75, 3.05) is 26.2 Å². The van der Waals surface area contributed by atoms with Crippen molar-refractivity contribution in [3.8, 4) is 0 Å². The van der Waals surface area contributed by atoms with Crippen molar-refractivity contribution in [1.29, 1.82) is 0 Å². The molecule has 0 radical (unpaired) electrons. The minimum atomic E-state index is -0.0254. The number of carbonyl (C=O) groups excluding carboxylic acids is 1. The average molecular weight is 269 g/mol. The molecule has 0 aromatic rings. The van der Waals surface area contributed by atoms with Crippen LogP contribution in [0.2, 0.25) is 0 Å². The molecule has 112 valence electrons. The number of amides is 1. The molecule has 1 aliphatic rings. The van der Waals surface area contributed by atoms with E-state index in [4.69, 9.17) is 5.73 Å². The van der Waals surface area contributed by atoms with E-state index in [0.29, 0.717) is 24.4 Å². The van der Waals surface area contributed by atoms with Gasteiger partial charge in [-0.1, -0.05) is 13.8 Å². The molecule has 1 amide bonds. The van der Waals surface area contributed by atoms with Gasteiger partial charge >= 0.3 is 0 Å². The van der Waals surface area contributed by atoms with Gasteiger partial charge in [0.15, 0.2) is 0 Å². The van der Waals surface area contributed by atoms with Crippen LogP contribution in [-0.2, 0) is 4.79 Å². The summed E-state index contributed by atoms with van der Waals surface area (Å²) < 4.78 is 0. The van der Waals surface area contributed by atoms with Crippen LogP contribution in [0, 0.1) is 17.8 Å². The highest BCUT2D eigenvalue weighted by Gasteiger charge is 2.25. The Morgan fingerprint density at radius 1 is 1.37 bits per heavy atom. The maximum Gasteiger partial charge on any atom is 0.224 e. The van der Waals surface area contributed by atoms with Crippen LogP contribution in [-0.4, -0.2) is 43.0 Å². The first-order valence-electron chi connectivity index (χ1n) is 7.65. The van der Waals surface area contributed by atoms with Crippen LogP contribution in [0.4, 0.5) is 0 Å². The Kier molecular flexibility index (Phi) is 6.80. The number of hydrogen-bond acceptors (Lipinski definition) is 3. The maximum absolute atomic E-state index is 12.1. The molecule has 0 spiro atoms. The Balaban J connectivity index is 2.30. The van der Waals surface area contributed by atoms with Crippen LogP contribution < -0.4 is 11.1 Å². The van der Waals surface area contributed by atoms with E-state index in [1.807, 2.05) is 0 Å². The molecule has 0 aliphatic carbocycles. The normalized spacial score (nSPS) is 22.2. The van der Waals surface area contributed by atoms with Gasteiger partial charge in [0.2, 0.25) is 5.91 Å². The van der Waals surface area contributed by atoms with Gasteiger partial charge in [-0.15, -0.1) is 0 Å². The van der Waals surface area contributed by atoms with Crippen LogP contribution in [0.5, 0.6) is 0 Å². The monoisotopic (exact) mass is 269 g/mol. The number of hydrogen-bond donors (Lipinski definition) is 2. The third-order valence-electron chi connectivity index (χ3n) is 4.02. The van der Waals surface area contributed by atoms with E-state index in [1.165, 1.54) is 6.42 Å². The Labute approximate surface area is 118 Å². The van der Waals surface area contributed by atoms with Gasteiger partial charge in [-0.3, -0.25) is 4.79 Å². The molecule has 0 saturated carbocycles. The van der Waals surface area contributed by atoms with Gasteiger partial charge in [-0.25, -0.2) is 0 Å². The summed E-state index contributed by atoms with van der Waals surface area (Å²) in [6, 6.07) is 0.610. The highest BCUT2D eigenvalue weighted by Crippen LogP contribution is 2.18. The van der Waals surface area contributed by atoms with Crippen LogP contribution in [0.1, 0.15) is 40.5 Å². The molecule has 4 heteroatoms. The van der Waals surface area contributed by atoms with E-state index in [9.17, 15) is 4.79 Å². The third kappa shape index (κ3) is 5.49. The van der Waals surface area contributed by atoms with Crippen LogP contribution in [0.25, 0.3) is 0 Å². The Morgan fingerprint density at radius 3 is 2.53 bits per heavy atom. The first-order chi connectivity index (χ1) is 8.93. The van der Waals surface area contributed by atoms with E-state index < -0.39 is 0 Å². The van der Waals surface area contributed by atoms with E-state index in [0.717, 1.165) is 26.1 Å². The second-order valence-corrected chi connectivity index (χ2v) is 6.55. The zero-order valence-corrected chi connectivity index (χ0v) is 13.0. The van der Waals surface area contributed by atoms with Crippen molar-refractivity contribution in [2.24, 2.45) is 23.5 Å². The number of likely N-dealkylation sites (tertiary alicyclic amines) is 1. The highest BCUT2D eigenvalue weighted by molar-refractivity contribution is 5.78. The van der Waals surface area contributed by atoms with Gasteiger partial charge in [0.05, 0.1) is 5.92 Å². The van der Waals surface area contributed by atoms with Crippen LogP contribution in [0.15, 0.2) is 0 Å². The summed E-state index contributed by atoms with van der Waals surface area (Å²) in [5, 5.41) is 3.09. The standard InChI is InChI=1S/C15H31N3O/c1-11(2)7-14(8-16)15(19)17-9-13-5-6-18(10-13)12(3)4/h11-14H,5-10,16H2,1-4H3,(H,17,19). The lowest BCUT2D eigenvalue weighted by atomic mass is 9.96. The predicted octanol–water partition coefficient (Wildman–Crippen LogP) is 1.45. The second kappa shape index (κ2) is 7.85. The Bertz CT molecular complexity index is 279. The molecule has 0 aromatic carbocycles. The van der Waals surface area contributed by atoms with Crippen molar-refractivity contribution < 1.29 is 4.79 Å². The molecule has 19 heavy (non-hydrogen) atoms. The van der Waals surface area contributed by atoms with Crippen molar-refractivity contribution in [3.05, 3.63) is 0 Å². The molecular formula is C15H31N3O. The molecular weight excluding hydrogens is 238 g/mol. The summed E-state index contributed by atoms with van der Waals surface area (Å²) in [6.07, 6.45) is 2.07. The van der Waals surface area contributed by atoms with Gasteiger partial charge in [-0.05, 0) is 45.1 Å². The zero-order valence-electron chi connectivity index (χ0n) is 13.0. The molecule has 3 N–H and O–H groups in total. The molecule has 0 aromatic heterocycles. The molecule has 0 bridgehead atoms. The van der Waals surface area contributed by atoms with Gasteiger partial charge in [0.25, 0.3) is 0 Å². The fourth-order valence-electron chi connectivity index (χ4n) is 2.77. The van der Waals surface area contributed by atoms with Crippen LogP contribution >= 0.6 is 0 Å². The Morgan fingerprint density at radius 2 is 2.05 bits per heavy atom. The minimum Gasteiger partial charge on any atom is -0.355 e. The van der Waals surface area contributed by atoms with Gasteiger partial charge in [-0.2, -0.15) is 0 Å². The molecule has 1 fully saturated rings. The lowest BCUT2D eigenvalue weighted by Crippen LogP contribution is -2.39. The largest absolute Gasteiger partial charge is 0.355 e. The summed E-state index contributed by atoms with van der Waals surface area (Å²) in [7, 11) is 0. The second-order valence-electron chi connectivity index (χ2n) is 6.55. The lowest BCUT2D eigenvalue weighted by molar-refractivity contribution is -0.125. The molecule has 1 aliphatic heterocycles. The topological polar surface area (TPSA) is 58.4 Å².